The molecule has 33 heavy (non-hydrogen) atoms. The van der Waals surface area contributed by atoms with Crippen LogP contribution in [0, 0.1) is 24.1 Å². The topological polar surface area (TPSA) is 91.7 Å². The van der Waals surface area contributed by atoms with Gasteiger partial charge in [-0.05, 0) is 49.4 Å². The van der Waals surface area contributed by atoms with E-state index >= 15 is 0 Å². The van der Waals surface area contributed by atoms with E-state index < -0.39 is 5.82 Å². The molecule has 1 amide bonds. The highest BCUT2D eigenvalue weighted by Crippen LogP contribution is 2.27. The molecule has 0 spiro atoms. The fraction of sp³-hybridized carbons (Fsp3) is 0.400. The molecule has 172 valence electrons. The largest absolute Gasteiger partial charge is 0.496 e. The van der Waals surface area contributed by atoms with E-state index in [1.807, 2.05) is 19.1 Å². The van der Waals surface area contributed by atoms with Crippen molar-refractivity contribution in [2.45, 2.75) is 38.8 Å². The Morgan fingerprint density at radius 2 is 2.09 bits per heavy atom. The van der Waals surface area contributed by atoms with Crippen molar-refractivity contribution >= 4 is 11.9 Å². The van der Waals surface area contributed by atoms with Crippen LogP contribution in [0.25, 0.3) is 0 Å². The second-order valence-corrected chi connectivity index (χ2v) is 8.44. The van der Waals surface area contributed by atoms with Gasteiger partial charge in [0.25, 0.3) is 5.91 Å². The van der Waals surface area contributed by atoms with Crippen LogP contribution in [0.4, 0.5) is 4.39 Å². The van der Waals surface area contributed by atoms with Crippen molar-refractivity contribution in [1.29, 1.82) is 5.26 Å². The van der Waals surface area contributed by atoms with E-state index in [1.165, 1.54) is 18.7 Å². The van der Waals surface area contributed by atoms with Gasteiger partial charge in [-0.3, -0.25) is 4.79 Å². The smallest absolute Gasteiger partial charge is 0.338 e. The summed E-state index contributed by atoms with van der Waals surface area (Å²) in [5.41, 5.74) is 3.99. The third kappa shape index (κ3) is 4.69. The molecule has 2 aromatic rings. The first kappa shape index (κ1) is 22.7. The van der Waals surface area contributed by atoms with Crippen LogP contribution in [0.2, 0.25) is 0 Å². The number of carbonyl (C=O) groups excluding carboxylic acids is 2. The monoisotopic (exact) mass is 451 g/mol. The van der Waals surface area contributed by atoms with Gasteiger partial charge >= 0.3 is 5.97 Å². The Morgan fingerprint density at radius 3 is 2.79 bits per heavy atom. The summed E-state index contributed by atoms with van der Waals surface area (Å²) in [5, 5.41) is 12.1. The molecule has 7 nitrogen and oxygen atoms in total. The predicted molar refractivity (Wildman–Crippen MR) is 119 cm³/mol. The van der Waals surface area contributed by atoms with Gasteiger partial charge in [-0.1, -0.05) is 6.07 Å². The van der Waals surface area contributed by atoms with Crippen LogP contribution in [0.3, 0.4) is 0 Å². The number of nitrogens with one attached hydrogen (secondary N) is 1. The molecular weight excluding hydrogens is 425 g/mol. The number of hydrogen-bond donors (Lipinski definition) is 1. The van der Waals surface area contributed by atoms with Crippen molar-refractivity contribution in [3.8, 4) is 11.8 Å². The molecule has 0 saturated carbocycles. The fourth-order valence-corrected chi connectivity index (χ4v) is 4.50. The summed E-state index contributed by atoms with van der Waals surface area (Å²) < 4.78 is 24.1. The molecule has 2 aliphatic heterocycles. The van der Waals surface area contributed by atoms with Gasteiger partial charge in [0.15, 0.2) is 0 Å². The summed E-state index contributed by atoms with van der Waals surface area (Å²) in [6, 6.07) is 7.93. The van der Waals surface area contributed by atoms with E-state index in [2.05, 4.69) is 10.2 Å². The van der Waals surface area contributed by atoms with Crippen LogP contribution in [-0.4, -0.2) is 49.6 Å². The second kappa shape index (κ2) is 9.59. The number of carbonyl (C=O) groups is 2. The van der Waals surface area contributed by atoms with E-state index in [4.69, 9.17) is 14.7 Å². The lowest BCUT2D eigenvalue weighted by Gasteiger charge is -2.32. The molecule has 1 N–H and O–H groups in total. The van der Waals surface area contributed by atoms with Crippen molar-refractivity contribution in [3.05, 3.63) is 63.5 Å². The van der Waals surface area contributed by atoms with E-state index in [9.17, 15) is 14.0 Å². The minimum absolute atomic E-state index is 0.000985. The van der Waals surface area contributed by atoms with Crippen LogP contribution < -0.4 is 10.1 Å². The summed E-state index contributed by atoms with van der Waals surface area (Å²) in [6.45, 7) is 4.99. The molecule has 1 saturated heterocycles. The summed E-state index contributed by atoms with van der Waals surface area (Å²) in [7, 11) is 1.36. The standard InChI is InChI=1S/C25H26FN3O4/c1-15-16(3-4-19-21(15)14-33-25(19)31)5-8-29-9-6-18(7-10-29)28-24(30)20-11-17(13-27)22(26)12-23(20)32-2/h3-4,11-12,18H,5-10,14H2,1-2H3,(H,28,30). The third-order valence-electron chi connectivity index (χ3n) is 6.55. The number of cyclic esters (lactones) is 1. The Kier molecular flexibility index (Phi) is 6.61. The maximum atomic E-state index is 13.8. The van der Waals surface area contributed by atoms with Crippen molar-refractivity contribution < 1.29 is 23.5 Å². The zero-order valence-electron chi connectivity index (χ0n) is 18.7. The highest BCUT2D eigenvalue weighted by Gasteiger charge is 2.26. The van der Waals surface area contributed by atoms with Gasteiger partial charge in [0.1, 0.15) is 24.2 Å². The number of hydrogen-bond acceptors (Lipinski definition) is 6. The van der Waals surface area contributed by atoms with Crippen LogP contribution >= 0.6 is 0 Å². The lowest BCUT2D eigenvalue weighted by Crippen LogP contribution is -2.45. The predicted octanol–water partition coefficient (Wildman–Crippen LogP) is 3.12. The number of ether oxygens (including phenoxy) is 2. The number of amides is 1. The third-order valence-corrected chi connectivity index (χ3v) is 6.55. The number of likely N-dealkylation sites (tertiary alicyclic amines) is 1. The van der Waals surface area contributed by atoms with Gasteiger partial charge in [0.2, 0.25) is 0 Å². The molecule has 0 aromatic heterocycles. The molecule has 2 heterocycles. The lowest BCUT2D eigenvalue weighted by atomic mass is 9.96. The minimum atomic E-state index is -0.711. The fourth-order valence-electron chi connectivity index (χ4n) is 4.50. The Morgan fingerprint density at radius 1 is 1.33 bits per heavy atom. The average Bonchev–Trinajstić information content (AvgIpc) is 3.20. The highest BCUT2D eigenvalue weighted by atomic mass is 19.1. The maximum absolute atomic E-state index is 13.8. The van der Waals surface area contributed by atoms with Gasteiger partial charge in [-0.25, -0.2) is 9.18 Å². The van der Waals surface area contributed by atoms with E-state index in [1.54, 1.807) is 6.07 Å². The number of methoxy groups -OCH3 is 1. The van der Waals surface area contributed by atoms with E-state index in [0.717, 1.165) is 56.1 Å². The molecule has 8 heteroatoms. The van der Waals surface area contributed by atoms with Crippen LogP contribution in [0.15, 0.2) is 24.3 Å². The highest BCUT2D eigenvalue weighted by molar-refractivity contribution is 5.97. The molecule has 0 unspecified atom stereocenters. The Labute approximate surface area is 192 Å². The first-order valence-corrected chi connectivity index (χ1v) is 11.0. The molecular formula is C25H26FN3O4. The van der Waals surface area contributed by atoms with Crippen molar-refractivity contribution in [2.24, 2.45) is 0 Å². The molecule has 1 fully saturated rings. The summed E-state index contributed by atoms with van der Waals surface area (Å²) >= 11 is 0. The number of esters is 1. The van der Waals surface area contributed by atoms with Crippen molar-refractivity contribution in [2.75, 3.05) is 26.7 Å². The number of benzene rings is 2. The van der Waals surface area contributed by atoms with Crippen molar-refractivity contribution in [1.82, 2.24) is 10.2 Å². The summed E-state index contributed by atoms with van der Waals surface area (Å²) in [5.74, 6) is -1.21. The summed E-state index contributed by atoms with van der Waals surface area (Å²) in [4.78, 5) is 26.8. The summed E-state index contributed by atoms with van der Waals surface area (Å²) in [6.07, 6.45) is 2.48. The molecule has 0 bridgehead atoms. The van der Waals surface area contributed by atoms with Crippen LogP contribution in [0.1, 0.15) is 55.8 Å². The van der Waals surface area contributed by atoms with E-state index in [0.29, 0.717) is 12.2 Å². The number of rotatable bonds is 6. The van der Waals surface area contributed by atoms with Crippen molar-refractivity contribution in [3.63, 3.8) is 0 Å². The number of nitriles is 1. The Bertz CT molecular complexity index is 1130. The molecule has 0 radical (unpaired) electrons. The quantitative estimate of drug-likeness (QED) is 0.679. The van der Waals surface area contributed by atoms with Crippen LogP contribution in [-0.2, 0) is 17.8 Å². The zero-order valence-corrected chi connectivity index (χ0v) is 18.7. The Hall–Kier alpha value is -3.44. The molecule has 2 aliphatic rings. The molecule has 4 rings (SSSR count). The van der Waals surface area contributed by atoms with Gasteiger partial charge in [-0.2, -0.15) is 5.26 Å². The van der Waals surface area contributed by atoms with Crippen LogP contribution in [0.5, 0.6) is 5.75 Å². The van der Waals surface area contributed by atoms with Gasteiger partial charge in [0, 0.05) is 37.3 Å². The van der Waals surface area contributed by atoms with Gasteiger partial charge in [-0.15, -0.1) is 0 Å². The zero-order chi connectivity index (χ0) is 23.5. The van der Waals surface area contributed by atoms with Gasteiger partial charge < -0.3 is 19.7 Å². The average molecular weight is 451 g/mol. The first-order chi connectivity index (χ1) is 15.9. The second-order valence-electron chi connectivity index (χ2n) is 8.44. The maximum Gasteiger partial charge on any atom is 0.338 e. The normalized spacial score (nSPS) is 16.1. The molecule has 0 atom stereocenters. The van der Waals surface area contributed by atoms with E-state index in [-0.39, 0.29) is 34.8 Å². The Balaban J connectivity index is 1.31. The number of nitrogens with zero attached hydrogens (tertiary/aromatic N) is 2. The minimum Gasteiger partial charge on any atom is -0.496 e. The molecule has 2 aromatic carbocycles. The lowest BCUT2D eigenvalue weighted by molar-refractivity contribution is 0.0534. The first-order valence-electron chi connectivity index (χ1n) is 11.0. The number of halogens is 1. The van der Waals surface area contributed by atoms with Gasteiger partial charge in [0.05, 0.1) is 23.8 Å². The molecule has 0 aliphatic carbocycles. The number of fused-ring (bicyclic) bond motifs is 1. The number of piperidine rings is 1. The SMILES string of the molecule is COc1cc(F)c(C#N)cc1C(=O)NC1CCN(CCc2ccc3c(c2C)COC3=O)CC1.